The van der Waals surface area contributed by atoms with Gasteiger partial charge in [0.05, 0.1) is 104 Å². The smallest absolute Gasteiger partial charge is 0.407 e. The third-order valence-electron chi connectivity index (χ3n) is 17.7. The molecule has 2 amide bonds. The molecule has 1 aliphatic carbocycles. The van der Waals surface area contributed by atoms with E-state index < -0.39 is 84.0 Å². The van der Waals surface area contributed by atoms with Crippen molar-refractivity contribution in [3.05, 3.63) is 47.6 Å². The number of aliphatic hydroxyl groups excluding tert-OH is 1. The summed E-state index contributed by atoms with van der Waals surface area (Å²) in [6.45, 7) is 22.2. The highest BCUT2D eigenvalue weighted by Crippen LogP contribution is 2.38. The lowest BCUT2D eigenvalue weighted by atomic mass is 9.78. The van der Waals surface area contributed by atoms with Gasteiger partial charge in [-0.2, -0.15) is 0 Å². The summed E-state index contributed by atoms with van der Waals surface area (Å²) >= 11 is 0. The van der Waals surface area contributed by atoms with E-state index in [9.17, 15) is 34.2 Å². The number of aliphatic hydroxyl groups is 2. The number of carbonyl (C=O) groups is 5. The second-order valence-corrected chi connectivity index (χ2v) is 24.9. The van der Waals surface area contributed by atoms with Crippen molar-refractivity contribution >= 4 is 29.5 Å². The Morgan fingerprint density at radius 1 is 0.689 bits per heavy atom. The van der Waals surface area contributed by atoms with Crippen LogP contribution in [0, 0.1) is 35.5 Å². The zero-order valence-corrected chi connectivity index (χ0v) is 56.2. The molecule has 0 aromatic rings. The van der Waals surface area contributed by atoms with E-state index in [0.29, 0.717) is 169 Å². The molecule has 0 aromatic carbocycles. The predicted molar refractivity (Wildman–Crippen MR) is 338 cm³/mol. The van der Waals surface area contributed by atoms with Gasteiger partial charge in [-0.1, -0.05) is 71.1 Å². The van der Waals surface area contributed by atoms with Crippen LogP contribution in [0.5, 0.6) is 0 Å². The van der Waals surface area contributed by atoms with Crippen LogP contribution in [-0.4, -0.2) is 226 Å². The van der Waals surface area contributed by atoms with Gasteiger partial charge in [-0.25, -0.2) is 9.59 Å². The summed E-state index contributed by atoms with van der Waals surface area (Å²) in [6, 6.07) is -1.08. The maximum atomic E-state index is 14.7. The van der Waals surface area contributed by atoms with Gasteiger partial charge in [0.2, 0.25) is 5.79 Å². The topological polar surface area (TPSA) is 261 Å². The van der Waals surface area contributed by atoms with Crippen molar-refractivity contribution in [2.24, 2.45) is 35.5 Å². The summed E-state index contributed by atoms with van der Waals surface area (Å²) < 4.78 is 74.5. The van der Waals surface area contributed by atoms with Gasteiger partial charge >= 0.3 is 12.1 Å². The van der Waals surface area contributed by atoms with Gasteiger partial charge in [0.25, 0.3) is 11.7 Å². The number of fused-ring (bicyclic) bond motifs is 3. The van der Waals surface area contributed by atoms with Crippen LogP contribution >= 0.6 is 0 Å². The molecule has 4 aliphatic rings. The second kappa shape index (κ2) is 43.8. The minimum Gasteiger partial charge on any atom is -0.461 e. The maximum Gasteiger partial charge on any atom is 0.407 e. The van der Waals surface area contributed by atoms with Crippen LogP contribution in [0.2, 0.25) is 0 Å². The lowest BCUT2D eigenvalue weighted by Gasteiger charge is -2.42. The molecule has 1 saturated carbocycles. The first-order chi connectivity index (χ1) is 43.3. The molecule has 22 nitrogen and oxygen atoms in total. The van der Waals surface area contributed by atoms with Crippen molar-refractivity contribution < 1.29 is 95.8 Å². The van der Waals surface area contributed by atoms with Crippen molar-refractivity contribution in [1.82, 2.24) is 10.2 Å². The van der Waals surface area contributed by atoms with E-state index >= 15 is 0 Å². The molecule has 2 unspecified atom stereocenters. The zero-order chi connectivity index (χ0) is 65.8. The summed E-state index contributed by atoms with van der Waals surface area (Å²) in [6.07, 6.45) is 12.9. The van der Waals surface area contributed by atoms with E-state index in [-0.39, 0.29) is 61.7 Å². The molecule has 3 aliphatic heterocycles. The molecule has 0 spiro atoms. The molecule has 15 atom stereocenters. The number of Topliss-reactive ketones (excluding diaryl/α,β-unsaturated/α-hetero) is 2. The summed E-state index contributed by atoms with van der Waals surface area (Å²) in [4.78, 5) is 71.7. The van der Waals surface area contributed by atoms with Crippen molar-refractivity contribution in [2.75, 3.05) is 127 Å². The van der Waals surface area contributed by atoms with Crippen LogP contribution in [0.1, 0.15) is 139 Å². The molecule has 3 fully saturated rings. The molecular weight excluding hydrogens is 1160 g/mol. The number of ether oxygens (including phenoxy) is 13. The number of alkyl carbamates (subject to hydrolysis) is 1. The number of allylic oxidation sites excluding steroid dienone is 6. The molecule has 3 N–H and O–H groups in total. The Morgan fingerprint density at radius 2 is 1.31 bits per heavy atom. The normalized spacial score (nSPS) is 32.4. The first kappa shape index (κ1) is 78.4. The lowest BCUT2D eigenvalue weighted by Crippen LogP contribution is -2.61. The van der Waals surface area contributed by atoms with Crippen LogP contribution in [0.4, 0.5) is 4.79 Å². The average molecular weight is 1280 g/mol. The van der Waals surface area contributed by atoms with Gasteiger partial charge in [0, 0.05) is 59.3 Å². The number of nitrogens with zero attached hydrogens (tertiary/aromatic N) is 1. The van der Waals surface area contributed by atoms with Crippen molar-refractivity contribution in [1.29, 1.82) is 0 Å². The Labute approximate surface area is 537 Å². The second-order valence-electron chi connectivity index (χ2n) is 24.9. The van der Waals surface area contributed by atoms with Gasteiger partial charge in [-0.15, -0.1) is 0 Å². The molecule has 4 rings (SSSR count). The molecule has 90 heavy (non-hydrogen) atoms. The van der Waals surface area contributed by atoms with E-state index in [0.717, 1.165) is 5.57 Å². The van der Waals surface area contributed by atoms with Crippen molar-refractivity contribution in [2.45, 2.75) is 193 Å². The van der Waals surface area contributed by atoms with E-state index in [1.165, 1.54) is 12.0 Å². The van der Waals surface area contributed by atoms with Gasteiger partial charge in [0.15, 0.2) is 5.78 Å². The van der Waals surface area contributed by atoms with Crippen LogP contribution in [0.3, 0.4) is 0 Å². The zero-order valence-electron chi connectivity index (χ0n) is 56.2. The third-order valence-corrected chi connectivity index (χ3v) is 17.7. The SMILES string of the molecule is CCOCCOCCOCCOCCOCCOCCOCCNC(=O)O[C@@H]1CC[C@@H](C[C@@H](C)[C@@H]2CC[C@H](C)/C=C(\C)C(O)[C@@H](OC)C(=O)C(C)C[C@H](C)/C=C/C=C/C=C(\C)[C@@H](OC)C[C@@H]3CC[C@@H](C)[C@@](O)(O3)C(=O)C(=O)N3CCCC[C@H]3C(=O)O2)C[C@H]1OC. The molecule has 0 aromatic heterocycles. The Hall–Kier alpha value is -4.01. The number of esters is 1. The highest BCUT2D eigenvalue weighted by atomic mass is 16.6. The third kappa shape index (κ3) is 27.5. The molecular formula is C68H114N2O20. The number of piperidine rings is 1. The standard InChI is InChI=1S/C68H114N2O20/c1-12-81-30-31-83-34-35-85-38-39-87-41-40-86-37-36-84-33-32-82-29-27-69-67(76)89-58-26-23-54(45-60(58)79-10)44-50(5)57-25-21-48(3)43-52(7)62(72)63(80-11)61(71)51(6)42-47(2)18-14-13-15-19-49(4)59(78-9)46-55-24-22-53(8)68(77,90-55)64(73)65(74)70-28-17-16-20-56(70)66(75)88-57/h13-15,18-19,43,47-48,50-51,53-60,62-63,72,77H,12,16-17,20-42,44-46H2,1-11H3,(H,69,76)/b15-13+,18-14+,49-19+,52-43+/t47-,48+,50-,51?,53-,54+,55+,56+,57+,58-,59+,60-,62?,63+,68-/m1/s1. The van der Waals surface area contributed by atoms with Crippen LogP contribution in [0.25, 0.3) is 0 Å². The Balaban J connectivity index is 1.36. The van der Waals surface area contributed by atoms with Gasteiger partial charge in [0.1, 0.15) is 30.5 Å². The largest absolute Gasteiger partial charge is 0.461 e. The molecule has 2 bridgehead atoms. The Morgan fingerprint density at radius 3 is 1.91 bits per heavy atom. The number of carbonyl (C=O) groups excluding carboxylic acids is 5. The van der Waals surface area contributed by atoms with Crippen LogP contribution in [0.15, 0.2) is 47.6 Å². The summed E-state index contributed by atoms with van der Waals surface area (Å²) in [5.74, 6) is -6.61. The van der Waals surface area contributed by atoms with Gasteiger partial charge in [-0.3, -0.25) is 14.4 Å². The van der Waals surface area contributed by atoms with E-state index in [4.69, 9.17) is 61.6 Å². The summed E-state index contributed by atoms with van der Waals surface area (Å²) in [5, 5.41) is 26.5. The highest BCUT2D eigenvalue weighted by molar-refractivity contribution is 6.39. The van der Waals surface area contributed by atoms with Gasteiger partial charge < -0.3 is 82.0 Å². The van der Waals surface area contributed by atoms with Crippen molar-refractivity contribution in [3.8, 4) is 0 Å². The number of ketones is 2. The van der Waals surface area contributed by atoms with E-state index in [1.807, 2.05) is 78.0 Å². The number of amides is 2. The fourth-order valence-corrected chi connectivity index (χ4v) is 12.3. The first-order valence-corrected chi connectivity index (χ1v) is 33.2. The van der Waals surface area contributed by atoms with Gasteiger partial charge in [-0.05, 0) is 133 Å². The molecule has 2 saturated heterocycles. The lowest BCUT2D eigenvalue weighted by molar-refractivity contribution is -0.265. The summed E-state index contributed by atoms with van der Waals surface area (Å²) in [7, 11) is 4.62. The molecule has 22 heteroatoms. The number of nitrogens with one attached hydrogen (secondary N) is 1. The minimum absolute atomic E-state index is 0.0399. The number of rotatable bonds is 29. The Bertz CT molecular complexity index is 2210. The molecule has 3 heterocycles. The van der Waals surface area contributed by atoms with E-state index in [1.54, 1.807) is 28.1 Å². The quantitative estimate of drug-likeness (QED) is 0.0278. The maximum absolute atomic E-state index is 14.7. The highest BCUT2D eigenvalue weighted by Gasteiger charge is 2.53. The summed E-state index contributed by atoms with van der Waals surface area (Å²) in [5.41, 5.74) is 1.47. The van der Waals surface area contributed by atoms with Crippen molar-refractivity contribution in [3.63, 3.8) is 0 Å². The van der Waals surface area contributed by atoms with E-state index in [2.05, 4.69) is 5.32 Å². The monoisotopic (exact) mass is 1280 g/mol. The minimum atomic E-state index is -2.42. The number of hydrogen-bond acceptors (Lipinski definition) is 20. The van der Waals surface area contributed by atoms with Crippen LogP contribution < -0.4 is 5.32 Å². The predicted octanol–water partition coefficient (Wildman–Crippen LogP) is 7.87. The molecule has 516 valence electrons. The molecule has 0 radical (unpaired) electrons. The van der Waals surface area contributed by atoms with Crippen LogP contribution in [-0.2, 0) is 80.8 Å². The number of methoxy groups -OCH3 is 3. The average Bonchev–Trinajstić information content (AvgIpc) is 0.801. The fourth-order valence-electron chi connectivity index (χ4n) is 12.3. The Kier molecular flexibility index (Phi) is 38.2. The fraction of sp³-hybridized carbons (Fsp3) is 0.809. The number of hydrogen-bond donors (Lipinski definition) is 3. The number of cyclic esters (lactones) is 1. The first-order valence-electron chi connectivity index (χ1n) is 33.2.